The third-order valence-electron chi connectivity index (χ3n) is 3.62. The van der Waals surface area contributed by atoms with E-state index in [0.717, 1.165) is 44.7 Å². The largest absolute Gasteiger partial charge is 0.496 e. The first-order valence-electron chi connectivity index (χ1n) is 6.67. The zero-order valence-corrected chi connectivity index (χ0v) is 11.6. The van der Waals surface area contributed by atoms with Crippen molar-refractivity contribution in [3.05, 3.63) is 12.3 Å². The average molecular weight is 241 g/mol. The fraction of sp³-hybridized carbons (Fsp3) is 0.857. The van der Waals surface area contributed by atoms with E-state index in [0.29, 0.717) is 13.2 Å². The van der Waals surface area contributed by atoms with Crippen LogP contribution in [0.25, 0.3) is 0 Å². The number of likely N-dealkylation sites (tertiary alicyclic amines) is 1. The van der Waals surface area contributed by atoms with Crippen LogP contribution in [0, 0.1) is 5.41 Å². The van der Waals surface area contributed by atoms with Gasteiger partial charge in [-0.3, -0.25) is 0 Å². The molecule has 3 nitrogen and oxygen atoms in total. The minimum absolute atomic E-state index is 0.150. The predicted molar refractivity (Wildman–Crippen MR) is 71.0 cm³/mol. The number of rotatable bonds is 7. The molecule has 100 valence electrons. The molecule has 17 heavy (non-hydrogen) atoms. The van der Waals surface area contributed by atoms with Crippen LogP contribution in [0.2, 0.25) is 0 Å². The van der Waals surface area contributed by atoms with Crippen LogP contribution in [0.3, 0.4) is 0 Å². The molecule has 0 aromatic carbocycles. The maximum absolute atomic E-state index is 5.73. The molecule has 1 saturated heterocycles. The third-order valence-corrected chi connectivity index (χ3v) is 3.62. The maximum Gasteiger partial charge on any atom is 0.111 e. The second-order valence-electron chi connectivity index (χ2n) is 5.25. The van der Waals surface area contributed by atoms with Gasteiger partial charge in [-0.25, -0.2) is 0 Å². The normalized spacial score (nSPS) is 20.2. The van der Waals surface area contributed by atoms with Crippen molar-refractivity contribution in [2.45, 2.75) is 33.1 Å². The van der Waals surface area contributed by atoms with Crippen molar-refractivity contribution in [1.82, 2.24) is 4.90 Å². The number of nitrogens with zero attached hydrogens (tertiary/aromatic N) is 1. The van der Waals surface area contributed by atoms with Gasteiger partial charge in [0.15, 0.2) is 0 Å². The molecular weight excluding hydrogens is 214 g/mol. The van der Waals surface area contributed by atoms with Crippen molar-refractivity contribution in [3.63, 3.8) is 0 Å². The summed E-state index contributed by atoms with van der Waals surface area (Å²) in [6.07, 6.45) is 3.33. The highest BCUT2D eigenvalue weighted by molar-refractivity contribution is 5.03. The van der Waals surface area contributed by atoms with Gasteiger partial charge >= 0.3 is 0 Å². The highest BCUT2D eigenvalue weighted by Gasteiger charge is 2.32. The number of hydrogen-bond donors (Lipinski definition) is 0. The molecule has 1 aliphatic heterocycles. The van der Waals surface area contributed by atoms with Gasteiger partial charge < -0.3 is 14.4 Å². The fourth-order valence-corrected chi connectivity index (χ4v) is 2.04. The Morgan fingerprint density at radius 1 is 1.24 bits per heavy atom. The van der Waals surface area contributed by atoms with Crippen LogP contribution < -0.4 is 0 Å². The highest BCUT2D eigenvalue weighted by Crippen LogP contribution is 2.37. The van der Waals surface area contributed by atoms with E-state index in [9.17, 15) is 0 Å². The van der Waals surface area contributed by atoms with Crippen LogP contribution >= 0.6 is 0 Å². The van der Waals surface area contributed by atoms with Gasteiger partial charge in [0.25, 0.3) is 0 Å². The lowest BCUT2D eigenvalue weighted by Crippen LogP contribution is -2.37. The first kappa shape index (κ1) is 14.5. The van der Waals surface area contributed by atoms with E-state index in [1.165, 1.54) is 0 Å². The summed E-state index contributed by atoms with van der Waals surface area (Å²) in [4.78, 5) is 2.36. The Morgan fingerprint density at radius 2 is 1.88 bits per heavy atom. The molecule has 0 aromatic rings. The van der Waals surface area contributed by atoms with Gasteiger partial charge in [-0.2, -0.15) is 0 Å². The molecule has 0 spiro atoms. The zero-order chi connectivity index (χ0) is 12.7. The van der Waals surface area contributed by atoms with E-state index in [-0.39, 0.29) is 5.41 Å². The molecule has 0 radical (unpaired) electrons. The number of allylic oxidation sites excluding steroid dienone is 1. The maximum atomic E-state index is 5.73. The van der Waals surface area contributed by atoms with E-state index < -0.39 is 0 Å². The smallest absolute Gasteiger partial charge is 0.111 e. The minimum Gasteiger partial charge on any atom is -0.496 e. The van der Waals surface area contributed by atoms with E-state index in [1.54, 1.807) is 0 Å². The van der Waals surface area contributed by atoms with Crippen molar-refractivity contribution in [3.8, 4) is 0 Å². The first-order valence-corrected chi connectivity index (χ1v) is 6.67. The fourth-order valence-electron chi connectivity index (χ4n) is 2.04. The van der Waals surface area contributed by atoms with Crippen LogP contribution in [0.15, 0.2) is 12.3 Å². The van der Waals surface area contributed by atoms with Gasteiger partial charge in [-0.05, 0) is 39.4 Å². The minimum atomic E-state index is 0.150. The summed E-state index contributed by atoms with van der Waals surface area (Å²) in [5.74, 6) is 0.936. The Bertz CT molecular complexity index is 232. The molecule has 0 unspecified atom stereocenters. The van der Waals surface area contributed by atoms with Crippen LogP contribution in [-0.4, -0.2) is 44.9 Å². The van der Waals surface area contributed by atoms with Crippen LogP contribution in [0.4, 0.5) is 0 Å². The van der Waals surface area contributed by atoms with Crippen molar-refractivity contribution >= 4 is 0 Å². The molecule has 1 rings (SSSR count). The molecule has 0 saturated carbocycles. The Balaban J connectivity index is 2.22. The average Bonchev–Trinajstić information content (AvgIpc) is 2.32. The highest BCUT2D eigenvalue weighted by atomic mass is 16.5. The Kier molecular flexibility index (Phi) is 6.00. The van der Waals surface area contributed by atoms with Gasteiger partial charge in [0.2, 0.25) is 0 Å². The number of piperidine rings is 1. The van der Waals surface area contributed by atoms with Crippen molar-refractivity contribution < 1.29 is 9.47 Å². The number of hydrogen-bond acceptors (Lipinski definition) is 3. The van der Waals surface area contributed by atoms with E-state index >= 15 is 0 Å². The second-order valence-corrected chi connectivity index (χ2v) is 5.25. The standard InChI is InChI=1S/C14H27NO2/c1-5-10-16-11-12-17-13(2)14(3)6-8-15(4)9-7-14/h2,5-12H2,1,3-4H3. The SMILES string of the molecule is C=C(OCCOCCC)C1(C)CCN(C)CC1. The van der Waals surface area contributed by atoms with Crippen LogP contribution in [0.5, 0.6) is 0 Å². The molecule has 1 fully saturated rings. The summed E-state index contributed by atoms with van der Waals surface area (Å²) in [5, 5.41) is 0. The van der Waals surface area contributed by atoms with Crippen LogP contribution in [-0.2, 0) is 9.47 Å². The molecule has 3 heteroatoms. The molecule has 0 bridgehead atoms. The third kappa shape index (κ3) is 4.68. The lowest BCUT2D eigenvalue weighted by atomic mass is 9.79. The molecule has 0 amide bonds. The summed E-state index contributed by atoms with van der Waals surface area (Å²) in [5.41, 5.74) is 0.150. The van der Waals surface area contributed by atoms with Gasteiger partial charge in [-0.1, -0.05) is 20.4 Å². The molecular formula is C14H27NO2. The van der Waals surface area contributed by atoms with Crippen molar-refractivity contribution in [1.29, 1.82) is 0 Å². The van der Waals surface area contributed by atoms with Gasteiger partial charge in [0.1, 0.15) is 6.61 Å². The Labute approximate surface area is 106 Å². The van der Waals surface area contributed by atoms with E-state index in [4.69, 9.17) is 9.47 Å². The lowest BCUT2D eigenvalue weighted by molar-refractivity contribution is 0.0398. The number of ether oxygens (including phenoxy) is 2. The molecule has 0 atom stereocenters. The van der Waals surface area contributed by atoms with E-state index in [1.807, 2.05) is 0 Å². The first-order chi connectivity index (χ1) is 8.08. The van der Waals surface area contributed by atoms with Gasteiger partial charge in [0.05, 0.1) is 12.4 Å². The molecule has 1 heterocycles. The quantitative estimate of drug-likeness (QED) is 0.505. The lowest BCUT2D eigenvalue weighted by Gasteiger charge is -2.38. The monoisotopic (exact) mass is 241 g/mol. The molecule has 1 aliphatic rings. The van der Waals surface area contributed by atoms with Crippen molar-refractivity contribution in [2.24, 2.45) is 5.41 Å². The predicted octanol–water partition coefficient (Wildman–Crippen LogP) is 2.68. The molecule has 0 aliphatic carbocycles. The molecule has 0 N–H and O–H groups in total. The van der Waals surface area contributed by atoms with E-state index in [2.05, 4.69) is 32.4 Å². The van der Waals surface area contributed by atoms with Crippen molar-refractivity contribution in [2.75, 3.05) is 40.0 Å². The summed E-state index contributed by atoms with van der Waals surface area (Å²) < 4.78 is 11.1. The summed E-state index contributed by atoms with van der Waals surface area (Å²) in [6.45, 7) is 12.8. The second kappa shape index (κ2) is 7.02. The Morgan fingerprint density at radius 3 is 2.47 bits per heavy atom. The van der Waals surface area contributed by atoms with Gasteiger partial charge in [-0.15, -0.1) is 0 Å². The molecule has 0 aromatic heterocycles. The summed E-state index contributed by atoms with van der Waals surface area (Å²) in [6, 6.07) is 0. The van der Waals surface area contributed by atoms with Gasteiger partial charge in [0, 0.05) is 12.0 Å². The Hall–Kier alpha value is -0.540. The van der Waals surface area contributed by atoms with Crippen LogP contribution in [0.1, 0.15) is 33.1 Å². The topological polar surface area (TPSA) is 21.7 Å². The summed E-state index contributed by atoms with van der Waals surface area (Å²) >= 11 is 0. The zero-order valence-electron chi connectivity index (χ0n) is 11.6. The summed E-state index contributed by atoms with van der Waals surface area (Å²) in [7, 11) is 2.17.